The first-order chi connectivity index (χ1) is 11.3. The molecule has 0 saturated carbocycles. The highest BCUT2D eigenvalue weighted by atomic mass is 35.5. The molecular formula is C17H16ClF3N2O. The molecule has 0 saturated heterocycles. The minimum absolute atomic E-state index is 0.0412. The van der Waals surface area contributed by atoms with Crippen LogP contribution in [0.25, 0.3) is 0 Å². The number of amides is 1. The fraction of sp³-hybridized carbons (Fsp3) is 0.235. The van der Waals surface area contributed by atoms with Gasteiger partial charge in [-0.2, -0.15) is 13.2 Å². The highest BCUT2D eigenvalue weighted by Gasteiger charge is 2.31. The second kappa shape index (κ2) is 7.68. The van der Waals surface area contributed by atoms with Crippen LogP contribution in [-0.4, -0.2) is 12.5 Å². The molecule has 0 bridgehead atoms. The summed E-state index contributed by atoms with van der Waals surface area (Å²) in [4.78, 5) is 11.9. The summed E-state index contributed by atoms with van der Waals surface area (Å²) in [7, 11) is 0. The van der Waals surface area contributed by atoms with Crippen LogP contribution in [0.1, 0.15) is 16.7 Å². The number of anilines is 1. The molecule has 7 heteroatoms. The molecule has 0 aliphatic carbocycles. The molecule has 2 N–H and O–H groups in total. The van der Waals surface area contributed by atoms with Gasteiger partial charge in [0.2, 0.25) is 5.91 Å². The molecule has 0 radical (unpaired) electrons. The summed E-state index contributed by atoms with van der Waals surface area (Å²) < 4.78 is 38.1. The van der Waals surface area contributed by atoms with E-state index in [0.717, 1.165) is 29.3 Å². The van der Waals surface area contributed by atoms with Crippen molar-refractivity contribution in [1.29, 1.82) is 0 Å². The molecular weight excluding hydrogens is 341 g/mol. The largest absolute Gasteiger partial charge is 0.416 e. The van der Waals surface area contributed by atoms with Crippen molar-refractivity contribution in [3.8, 4) is 0 Å². The zero-order valence-corrected chi connectivity index (χ0v) is 13.6. The number of benzene rings is 2. The molecule has 2 aromatic carbocycles. The van der Waals surface area contributed by atoms with Crippen molar-refractivity contribution < 1.29 is 18.0 Å². The van der Waals surface area contributed by atoms with Crippen molar-refractivity contribution in [2.45, 2.75) is 19.6 Å². The van der Waals surface area contributed by atoms with Gasteiger partial charge in [0.05, 0.1) is 22.8 Å². The standard InChI is InChI=1S/C17H16ClF3N2O/c1-11-2-4-12(5-3-11)9-22-10-16(24)23-15-8-13(17(19,20)21)6-7-14(15)18/h2-8,22H,9-10H2,1H3,(H,23,24). The molecule has 0 aliphatic rings. The fourth-order valence-electron chi connectivity index (χ4n) is 2.02. The molecule has 0 unspecified atom stereocenters. The molecule has 2 rings (SSSR count). The normalized spacial score (nSPS) is 11.4. The number of alkyl halides is 3. The van der Waals surface area contributed by atoms with E-state index in [-0.39, 0.29) is 17.3 Å². The lowest BCUT2D eigenvalue weighted by Crippen LogP contribution is -2.28. The van der Waals surface area contributed by atoms with E-state index in [0.29, 0.717) is 6.54 Å². The van der Waals surface area contributed by atoms with Gasteiger partial charge in [-0.3, -0.25) is 4.79 Å². The number of aryl methyl sites for hydroxylation is 1. The van der Waals surface area contributed by atoms with Crippen LogP contribution in [0.3, 0.4) is 0 Å². The van der Waals surface area contributed by atoms with Crippen molar-refractivity contribution in [2.75, 3.05) is 11.9 Å². The maximum absolute atomic E-state index is 12.7. The first kappa shape index (κ1) is 18.3. The van der Waals surface area contributed by atoms with E-state index in [2.05, 4.69) is 10.6 Å². The Morgan fingerprint density at radius 1 is 1.12 bits per heavy atom. The molecule has 0 heterocycles. The molecule has 3 nitrogen and oxygen atoms in total. The van der Waals surface area contributed by atoms with Crippen LogP contribution >= 0.6 is 11.6 Å². The van der Waals surface area contributed by atoms with Gasteiger partial charge >= 0.3 is 6.18 Å². The van der Waals surface area contributed by atoms with Crippen molar-refractivity contribution in [2.24, 2.45) is 0 Å². The average molecular weight is 357 g/mol. The third kappa shape index (κ3) is 5.25. The zero-order valence-electron chi connectivity index (χ0n) is 12.9. The highest BCUT2D eigenvalue weighted by Crippen LogP contribution is 2.33. The first-order valence-corrected chi connectivity index (χ1v) is 7.56. The summed E-state index contributed by atoms with van der Waals surface area (Å²) >= 11 is 5.83. The fourth-order valence-corrected chi connectivity index (χ4v) is 2.18. The summed E-state index contributed by atoms with van der Waals surface area (Å²) in [5.41, 5.74) is 1.21. The quantitative estimate of drug-likeness (QED) is 0.834. The van der Waals surface area contributed by atoms with Gasteiger partial charge in [0.1, 0.15) is 0 Å². The minimum Gasteiger partial charge on any atom is -0.324 e. The van der Waals surface area contributed by atoms with Crippen LogP contribution in [0.15, 0.2) is 42.5 Å². The molecule has 24 heavy (non-hydrogen) atoms. The Hall–Kier alpha value is -2.05. The van der Waals surface area contributed by atoms with Gasteiger partial charge in [0.25, 0.3) is 0 Å². The van der Waals surface area contributed by atoms with Crippen LogP contribution in [0.5, 0.6) is 0 Å². The number of carbonyl (C=O) groups excluding carboxylic acids is 1. The number of rotatable bonds is 5. The lowest BCUT2D eigenvalue weighted by atomic mass is 10.1. The van der Waals surface area contributed by atoms with Crippen LogP contribution < -0.4 is 10.6 Å². The Kier molecular flexibility index (Phi) is 5.85. The third-order valence-electron chi connectivity index (χ3n) is 3.30. The second-order valence-corrected chi connectivity index (χ2v) is 5.74. The van der Waals surface area contributed by atoms with E-state index >= 15 is 0 Å². The number of hydrogen-bond donors (Lipinski definition) is 2. The molecule has 0 spiro atoms. The highest BCUT2D eigenvalue weighted by molar-refractivity contribution is 6.33. The third-order valence-corrected chi connectivity index (χ3v) is 3.63. The Balaban J connectivity index is 1.91. The van der Waals surface area contributed by atoms with Gasteiger partial charge in [0, 0.05) is 6.54 Å². The van der Waals surface area contributed by atoms with Gasteiger partial charge < -0.3 is 10.6 Å². The second-order valence-electron chi connectivity index (χ2n) is 5.33. The Morgan fingerprint density at radius 2 is 1.79 bits per heavy atom. The van der Waals surface area contributed by atoms with Crippen LogP contribution in [-0.2, 0) is 17.5 Å². The Labute approximate surface area is 142 Å². The molecule has 0 aromatic heterocycles. The van der Waals surface area contributed by atoms with E-state index in [4.69, 9.17) is 11.6 Å². The van der Waals surface area contributed by atoms with Crippen LogP contribution in [0, 0.1) is 6.92 Å². The van der Waals surface area contributed by atoms with Crippen LogP contribution in [0.2, 0.25) is 5.02 Å². The Morgan fingerprint density at radius 3 is 2.42 bits per heavy atom. The summed E-state index contributed by atoms with van der Waals surface area (Å²) in [6.07, 6.45) is -4.49. The van der Waals surface area contributed by atoms with E-state index in [1.54, 1.807) is 0 Å². The zero-order chi connectivity index (χ0) is 17.7. The topological polar surface area (TPSA) is 41.1 Å². The molecule has 128 valence electrons. The number of hydrogen-bond acceptors (Lipinski definition) is 2. The van der Waals surface area contributed by atoms with E-state index in [1.807, 2.05) is 31.2 Å². The predicted octanol–water partition coefficient (Wildman–Crippen LogP) is 4.40. The minimum atomic E-state index is -4.49. The molecule has 0 atom stereocenters. The Bertz CT molecular complexity index is 715. The number of nitrogens with one attached hydrogen (secondary N) is 2. The van der Waals surface area contributed by atoms with E-state index in [9.17, 15) is 18.0 Å². The van der Waals surface area contributed by atoms with Gasteiger partial charge in [0.15, 0.2) is 0 Å². The molecule has 0 fully saturated rings. The molecule has 2 aromatic rings. The predicted molar refractivity (Wildman–Crippen MR) is 88.0 cm³/mol. The number of carbonyl (C=O) groups is 1. The van der Waals surface area contributed by atoms with E-state index < -0.39 is 17.6 Å². The monoisotopic (exact) mass is 356 g/mol. The number of halogens is 4. The van der Waals surface area contributed by atoms with Crippen molar-refractivity contribution in [3.63, 3.8) is 0 Å². The average Bonchev–Trinajstić information content (AvgIpc) is 2.50. The van der Waals surface area contributed by atoms with E-state index in [1.165, 1.54) is 0 Å². The SMILES string of the molecule is Cc1ccc(CNCC(=O)Nc2cc(C(F)(F)F)ccc2Cl)cc1. The maximum Gasteiger partial charge on any atom is 0.416 e. The van der Waals surface area contributed by atoms with Gasteiger partial charge in [-0.05, 0) is 30.7 Å². The lowest BCUT2D eigenvalue weighted by Gasteiger charge is -2.12. The molecule has 0 aliphatic heterocycles. The van der Waals surface area contributed by atoms with Crippen LogP contribution in [0.4, 0.5) is 18.9 Å². The summed E-state index contributed by atoms with van der Waals surface area (Å²) in [5.74, 6) is -0.469. The van der Waals surface area contributed by atoms with Gasteiger partial charge in [-0.15, -0.1) is 0 Å². The van der Waals surface area contributed by atoms with Gasteiger partial charge in [-0.25, -0.2) is 0 Å². The maximum atomic E-state index is 12.7. The first-order valence-electron chi connectivity index (χ1n) is 7.18. The summed E-state index contributed by atoms with van der Waals surface area (Å²) in [6.45, 7) is 2.41. The summed E-state index contributed by atoms with van der Waals surface area (Å²) in [6, 6.07) is 10.6. The molecule has 1 amide bonds. The van der Waals surface area contributed by atoms with Crippen molar-refractivity contribution in [1.82, 2.24) is 5.32 Å². The lowest BCUT2D eigenvalue weighted by molar-refractivity contribution is -0.137. The summed E-state index contributed by atoms with van der Waals surface area (Å²) in [5, 5.41) is 5.36. The van der Waals surface area contributed by atoms with Crippen molar-refractivity contribution in [3.05, 3.63) is 64.2 Å². The van der Waals surface area contributed by atoms with Gasteiger partial charge in [-0.1, -0.05) is 41.4 Å². The smallest absolute Gasteiger partial charge is 0.324 e. The van der Waals surface area contributed by atoms with Crippen molar-refractivity contribution >= 4 is 23.2 Å².